The number of hydrogen-bond acceptors (Lipinski definition) is 4. The molecule has 0 fully saturated rings. The van der Waals surface area contributed by atoms with Crippen LogP contribution in [0.1, 0.15) is 24.5 Å². The molecule has 0 amide bonds. The Balaban J connectivity index is 3.54. The van der Waals surface area contributed by atoms with Gasteiger partial charge in [-0.3, -0.25) is 0 Å². The van der Waals surface area contributed by atoms with Crippen molar-refractivity contribution in [2.45, 2.75) is 13.3 Å². The maximum absolute atomic E-state index is 11.5. The van der Waals surface area contributed by atoms with Crippen LogP contribution in [0.5, 0.6) is 0 Å². The molecule has 0 aliphatic carbocycles. The minimum absolute atomic E-state index is 0.0448. The maximum atomic E-state index is 11.5. The van der Waals surface area contributed by atoms with E-state index in [1.807, 2.05) is 0 Å². The number of allylic oxidation sites excluding steroid dienone is 7. The van der Waals surface area contributed by atoms with Crippen molar-refractivity contribution < 1.29 is 30.0 Å². The number of hydrogen-bond donors (Lipinski definition) is 4. The Morgan fingerprint density at radius 2 is 1.71 bits per heavy atom. The third kappa shape index (κ3) is 6.83. The Bertz CT molecular complexity index is 1020. The number of carbonyl (C=O) groups is 2. The minimum Gasteiger partial charge on any atom is -0.507 e. The van der Waals surface area contributed by atoms with Gasteiger partial charge in [0, 0.05) is 12.0 Å². The summed E-state index contributed by atoms with van der Waals surface area (Å²) in [6, 6.07) is 6.84. The molecule has 162 valence electrons. The molecule has 4 N–H and O–H groups in total. The van der Waals surface area contributed by atoms with E-state index in [0.29, 0.717) is 22.3 Å². The molecule has 0 radical (unpaired) electrons. The van der Waals surface area contributed by atoms with Crippen LogP contribution in [0, 0.1) is 0 Å². The lowest BCUT2D eigenvalue weighted by Crippen LogP contribution is -2.07. The van der Waals surface area contributed by atoms with Gasteiger partial charge in [-0.25, -0.2) is 9.59 Å². The number of carboxylic acids is 2. The molecule has 0 heterocycles. The van der Waals surface area contributed by atoms with Gasteiger partial charge in [0.15, 0.2) is 0 Å². The summed E-state index contributed by atoms with van der Waals surface area (Å²) in [7, 11) is 0. The molecular formula is C25H26O6. The second-order valence-electron chi connectivity index (χ2n) is 6.46. The van der Waals surface area contributed by atoms with Crippen molar-refractivity contribution in [3.05, 3.63) is 107 Å². The van der Waals surface area contributed by atoms with Crippen LogP contribution in [0.3, 0.4) is 0 Å². The van der Waals surface area contributed by atoms with Crippen LogP contribution in [0.4, 0.5) is 0 Å². The molecule has 6 nitrogen and oxygen atoms in total. The van der Waals surface area contributed by atoms with Crippen LogP contribution in [0.15, 0.2) is 96.4 Å². The molecule has 0 spiro atoms. The van der Waals surface area contributed by atoms with Gasteiger partial charge in [-0.2, -0.15) is 0 Å². The van der Waals surface area contributed by atoms with E-state index >= 15 is 0 Å². The molecule has 1 aromatic carbocycles. The Labute approximate surface area is 181 Å². The lowest BCUT2D eigenvalue weighted by atomic mass is 9.90. The van der Waals surface area contributed by atoms with Crippen LogP contribution in [0.2, 0.25) is 0 Å². The van der Waals surface area contributed by atoms with Crippen LogP contribution in [0.25, 0.3) is 11.6 Å². The van der Waals surface area contributed by atoms with Crippen LogP contribution in [-0.2, 0) is 9.59 Å². The first-order valence-corrected chi connectivity index (χ1v) is 9.30. The third-order valence-electron chi connectivity index (χ3n) is 4.39. The summed E-state index contributed by atoms with van der Waals surface area (Å²) in [6.07, 6.45) is 7.37. The van der Waals surface area contributed by atoms with E-state index in [4.69, 9.17) is 0 Å². The van der Waals surface area contributed by atoms with E-state index in [2.05, 4.69) is 19.7 Å². The molecule has 0 atom stereocenters. The van der Waals surface area contributed by atoms with Crippen molar-refractivity contribution in [1.82, 2.24) is 0 Å². The van der Waals surface area contributed by atoms with Crippen molar-refractivity contribution in [2.75, 3.05) is 6.61 Å². The first kappa shape index (κ1) is 25.1. The van der Waals surface area contributed by atoms with E-state index in [0.717, 1.165) is 0 Å². The summed E-state index contributed by atoms with van der Waals surface area (Å²) in [6.45, 7) is 12.4. The number of benzene rings is 1. The number of aliphatic hydroxyl groups excluding tert-OH is 2. The SMILES string of the molecule is C=C/C=C\C(=C)/C(CC(=C)c1ccccc1/C=C(\CO)C(=O)O)=C(O)\C(=C/C)C(=O)O. The number of rotatable bonds is 11. The molecule has 0 saturated heterocycles. The zero-order chi connectivity index (χ0) is 23.6. The maximum Gasteiger partial charge on any atom is 0.339 e. The summed E-state index contributed by atoms with van der Waals surface area (Å²) in [5.74, 6) is -2.98. The fourth-order valence-electron chi connectivity index (χ4n) is 2.77. The Morgan fingerprint density at radius 1 is 1.06 bits per heavy atom. The number of aliphatic hydroxyl groups is 2. The predicted molar refractivity (Wildman–Crippen MR) is 122 cm³/mol. The first-order chi connectivity index (χ1) is 14.7. The summed E-state index contributed by atoms with van der Waals surface area (Å²) >= 11 is 0. The van der Waals surface area contributed by atoms with Gasteiger partial charge in [0.1, 0.15) is 5.76 Å². The predicted octanol–water partition coefficient (Wildman–Crippen LogP) is 4.69. The standard InChI is InChI=1S/C25H26O6/c1-5-7-10-16(3)22(23(27)20(6-2)25(30)31)13-17(4)21-12-9-8-11-18(21)14-19(15-26)24(28)29/h5-12,14,26-27H,1,3-4,13,15H2,2H3,(H,28,29)(H,30,31)/b10-7-,19-14+,20-6+,23-22+. The van der Waals surface area contributed by atoms with Gasteiger partial charge < -0.3 is 20.4 Å². The van der Waals surface area contributed by atoms with Gasteiger partial charge in [-0.05, 0) is 35.3 Å². The topological polar surface area (TPSA) is 115 Å². The molecule has 6 heteroatoms. The van der Waals surface area contributed by atoms with E-state index in [9.17, 15) is 30.0 Å². The third-order valence-corrected chi connectivity index (χ3v) is 4.39. The van der Waals surface area contributed by atoms with Crippen LogP contribution >= 0.6 is 0 Å². The van der Waals surface area contributed by atoms with Gasteiger partial charge in [-0.15, -0.1) is 0 Å². The lowest BCUT2D eigenvalue weighted by molar-refractivity contribution is -0.133. The highest BCUT2D eigenvalue weighted by Crippen LogP contribution is 2.31. The molecule has 31 heavy (non-hydrogen) atoms. The number of carboxylic acid groups (broad SMARTS) is 2. The fourth-order valence-corrected chi connectivity index (χ4v) is 2.77. The minimum atomic E-state index is -1.29. The molecule has 0 bridgehead atoms. The van der Waals surface area contributed by atoms with Gasteiger partial charge in [0.2, 0.25) is 0 Å². The summed E-state index contributed by atoms with van der Waals surface area (Å²) in [4.78, 5) is 22.8. The highest BCUT2D eigenvalue weighted by atomic mass is 16.4. The average Bonchev–Trinajstić information content (AvgIpc) is 2.73. The second kappa shape index (κ2) is 11.9. The lowest BCUT2D eigenvalue weighted by Gasteiger charge is -2.16. The van der Waals surface area contributed by atoms with Gasteiger partial charge in [-0.1, -0.05) is 68.3 Å². The Kier molecular flexibility index (Phi) is 9.69. The smallest absolute Gasteiger partial charge is 0.339 e. The van der Waals surface area contributed by atoms with Crippen molar-refractivity contribution in [1.29, 1.82) is 0 Å². The molecule has 0 aliphatic rings. The zero-order valence-corrected chi connectivity index (χ0v) is 17.3. The van der Waals surface area contributed by atoms with E-state index in [1.54, 1.807) is 36.4 Å². The molecule has 0 saturated carbocycles. The fraction of sp³-hybridized carbons (Fsp3) is 0.120. The molecular weight excluding hydrogens is 396 g/mol. The van der Waals surface area contributed by atoms with E-state index in [-0.39, 0.29) is 23.1 Å². The second-order valence-corrected chi connectivity index (χ2v) is 6.46. The molecule has 0 aliphatic heterocycles. The highest BCUT2D eigenvalue weighted by molar-refractivity contribution is 5.94. The van der Waals surface area contributed by atoms with E-state index in [1.165, 1.54) is 25.2 Å². The van der Waals surface area contributed by atoms with Crippen LogP contribution < -0.4 is 0 Å². The summed E-state index contributed by atoms with van der Waals surface area (Å²) in [5.41, 5.74) is 1.72. The largest absolute Gasteiger partial charge is 0.507 e. The Morgan fingerprint density at radius 3 is 2.23 bits per heavy atom. The summed E-state index contributed by atoms with van der Waals surface area (Å²) in [5, 5.41) is 38.6. The summed E-state index contributed by atoms with van der Waals surface area (Å²) < 4.78 is 0. The average molecular weight is 422 g/mol. The zero-order valence-electron chi connectivity index (χ0n) is 17.3. The normalized spacial score (nSPS) is 13.0. The monoisotopic (exact) mass is 422 g/mol. The number of aliphatic carboxylic acids is 2. The van der Waals surface area contributed by atoms with Gasteiger partial charge in [0.05, 0.1) is 17.8 Å². The highest BCUT2D eigenvalue weighted by Gasteiger charge is 2.19. The van der Waals surface area contributed by atoms with Crippen molar-refractivity contribution in [2.24, 2.45) is 0 Å². The molecule has 0 unspecified atom stereocenters. The molecule has 0 aromatic heterocycles. The van der Waals surface area contributed by atoms with Gasteiger partial charge >= 0.3 is 11.9 Å². The molecule has 1 aromatic rings. The first-order valence-electron chi connectivity index (χ1n) is 9.30. The van der Waals surface area contributed by atoms with Gasteiger partial charge in [0.25, 0.3) is 0 Å². The molecule has 1 rings (SSSR count). The van der Waals surface area contributed by atoms with Crippen molar-refractivity contribution in [3.8, 4) is 0 Å². The quantitative estimate of drug-likeness (QED) is 0.234. The van der Waals surface area contributed by atoms with Crippen molar-refractivity contribution >= 4 is 23.6 Å². The van der Waals surface area contributed by atoms with Crippen LogP contribution in [-0.4, -0.2) is 39.0 Å². The van der Waals surface area contributed by atoms with Crippen molar-refractivity contribution in [3.63, 3.8) is 0 Å². The van der Waals surface area contributed by atoms with E-state index < -0.39 is 24.3 Å². The Hall–Kier alpha value is -3.90.